The van der Waals surface area contributed by atoms with Crippen molar-refractivity contribution >= 4 is 11.6 Å². The third kappa shape index (κ3) is 2.76. The van der Waals surface area contributed by atoms with Crippen molar-refractivity contribution in [3.05, 3.63) is 11.9 Å². The van der Waals surface area contributed by atoms with Gasteiger partial charge < -0.3 is 11.1 Å². The maximum atomic E-state index is 11.8. The quantitative estimate of drug-likeness (QED) is 0.727. The molecular weight excluding hydrogens is 204 g/mol. The number of carbonyl (C=O) groups is 1. The molecule has 5 heteroatoms. The summed E-state index contributed by atoms with van der Waals surface area (Å²) in [6, 6.07) is -0.265. The molecule has 5 nitrogen and oxygen atoms in total. The number of hydrogen-bond donors (Lipinski definition) is 2. The van der Waals surface area contributed by atoms with Crippen molar-refractivity contribution in [2.75, 3.05) is 5.73 Å². The third-order valence-corrected chi connectivity index (χ3v) is 2.16. The first-order valence-electron chi connectivity index (χ1n) is 5.14. The maximum absolute atomic E-state index is 11.8. The Kier molecular flexibility index (Phi) is 3.95. The largest absolute Gasteiger partial charge is 0.396 e. The lowest BCUT2D eigenvalue weighted by atomic mass is 10.2. The molecule has 1 rings (SSSR count). The molecule has 0 aliphatic heterocycles. The molecule has 1 aromatic heterocycles. The van der Waals surface area contributed by atoms with Crippen LogP contribution in [0.1, 0.15) is 30.3 Å². The van der Waals surface area contributed by atoms with Gasteiger partial charge in [0.1, 0.15) is 0 Å². The fraction of sp³-hybridized carbons (Fsp3) is 0.455. The zero-order valence-corrected chi connectivity index (χ0v) is 9.53. The van der Waals surface area contributed by atoms with E-state index >= 15 is 0 Å². The molecule has 16 heavy (non-hydrogen) atoms. The molecule has 0 spiro atoms. The molecule has 1 aromatic rings. The van der Waals surface area contributed by atoms with Crippen LogP contribution in [-0.2, 0) is 7.05 Å². The predicted molar refractivity (Wildman–Crippen MR) is 62.6 cm³/mol. The normalized spacial score (nSPS) is 11.8. The molecule has 1 atom stereocenters. The van der Waals surface area contributed by atoms with Crippen molar-refractivity contribution in [3.63, 3.8) is 0 Å². The standard InChI is InChI=1S/C11H16N4O/c1-4-6-8(5-2)13-11(16)10-9(12)7-15(3)14-10/h2,7-8H,4,6,12H2,1,3H3,(H,13,16). The van der Waals surface area contributed by atoms with Crippen molar-refractivity contribution in [3.8, 4) is 12.3 Å². The summed E-state index contributed by atoms with van der Waals surface area (Å²) >= 11 is 0. The number of aromatic nitrogens is 2. The number of anilines is 1. The summed E-state index contributed by atoms with van der Waals surface area (Å²) in [5.74, 6) is 2.20. The molecule has 0 radical (unpaired) electrons. The Morgan fingerprint density at radius 3 is 2.94 bits per heavy atom. The van der Waals surface area contributed by atoms with E-state index in [1.54, 1.807) is 13.2 Å². The lowest BCUT2D eigenvalue weighted by Crippen LogP contribution is -2.34. The molecule has 3 N–H and O–H groups in total. The van der Waals surface area contributed by atoms with Crippen LogP contribution in [-0.4, -0.2) is 21.7 Å². The van der Waals surface area contributed by atoms with E-state index < -0.39 is 0 Å². The highest BCUT2D eigenvalue weighted by Crippen LogP contribution is 2.08. The molecule has 1 heterocycles. The van der Waals surface area contributed by atoms with Crippen LogP contribution >= 0.6 is 0 Å². The van der Waals surface area contributed by atoms with Gasteiger partial charge in [0, 0.05) is 13.2 Å². The predicted octanol–water partition coefficient (Wildman–Crippen LogP) is 0.534. The number of aryl methyl sites for hydroxylation is 1. The summed E-state index contributed by atoms with van der Waals surface area (Å²) in [7, 11) is 1.71. The summed E-state index contributed by atoms with van der Waals surface area (Å²) < 4.78 is 1.49. The first-order valence-corrected chi connectivity index (χ1v) is 5.14. The first kappa shape index (κ1) is 12.1. The molecule has 86 valence electrons. The number of nitrogen functional groups attached to an aromatic ring is 1. The van der Waals surface area contributed by atoms with Gasteiger partial charge in [-0.15, -0.1) is 6.42 Å². The number of nitrogens with zero attached hydrogens (tertiary/aromatic N) is 2. The minimum absolute atomic E-state index is 0.221. The fourth-order valence-electron chi connectivity index (χ4n) is 1.40. The summed E-state index contributed by atoms with van der Waals surface area (Å²) in [6.07, 6.45) is 8.54. The molecule has 0 fully saturated rings. The number of amides is 1. The Labute approximate surface area is 95.0 Å². The van der Waals surface area contributed by atoms with E-state index in [1.165, 1.54) is 4.68 Å². The topological polar surface area (TPSA) is 72.9 Å². The second-order valence-electron chi connectivity index (χ2n) is 3.59. The highest BCUT2D eigenvalue weighted by molar-refractivity contribution is 5.97. The van der Waals surface area contributed by atoms with Gasteiger partial charge >= 0.3 is 0 Å². The van der Waals surface area contributed by atoms with E-state index in [4.69, 9.17) is 12.2 Å². The highest BCUT2D eigenvalue weighted by atomic mass is 16.2. The van der Waals surface area contributed by atoms with Crippen molar-refractivity contribution in [2.45, 2.75) is 25.8 Å². The summed E-state index contributed by atoms with van der Waals surface area (Å²) in [4.78, 5) is 11.8. The highest BCUT2D eigenvalue weighted by Gasteiger charge is 2.16. The smallest absolute Gasteiger partial charge is 0.274 e. The maximum Gasteiger partial charge on any atom is 0.274 e. The Morgan fingerprint density at radius 1 is 1.81 bits per heavy atom. The van der Waals surface area contributed by atoms with Crippen molar-refractivity contribution in [2.24, 2.45) is 7.05 Å². The number of carbonyl (C=O) groups excluding carboxylic acids is 1. The van der Waals surface area contributed by atoms with Crippen molar-refractivity contribution < 1.29 is 4.79 Å². The molecule has 0 aliphatic rings. The van der Waals surface area contributed by atoms with Gasteiger partial charge in [0.05, 0.1) is 11.7 Å². The molecule has 1 amide bonds. The van der Waals surface area contributed by atoms with Crippen LogP contribution in [0.3, 0.4) is 0 Å². The molecule has 0 aromatic carbocycles. The van der Waals surface area contributed by atoms with E-state index in [0.29, 0.717) is 5.69 Å². The van der Waals surface area contributed by atoms with Crippen LogP contribution in [0.15, 0.2) is 6.20 Å². The Hall–Kier alpha value is -1.96. The van der Waals surface area contributed by atoms with Gasteiger partial charge in [-0.05, 0) is 6.42 Å². The van der Waals surface area contributed by atoms with Crippen LogP contribution in [0, 0.1) is 12.3 Å². The van der Waals surface area contributed by atoms with Gasteiger partial charge in [-0.25, -0.2) is 0 Å². The van der Waals surface area contributed by atoms with Gasteiger partial charge in [-0.3, -0.25) is 9.48 Å². The average molecular weight is 220 g/mol. The van der Waals surface area contributed by atoms with Gasteiger partial charge in [-0.2, -0.15) is 5.10 Å². The minimum Gasteiger partial charge on any atom is -0.396 e. The second-order valence-corrected chi connectivity index (χ2v) is 3.59. The van der Waals surface area contributed by atoms with Crippen molar-refractivity contribution in [1.82, 2.24) is 15.1 Å². The Bertz CT molecular complexity index is 416. The van der Waals surface area contributed by atoms with Crippen molar-refractivity contribution in [1.29, 1.82) is 0 Å². The van der Waals surface area contributed by atoms with E-state index in [1.807, 2.05) is 6.92 Å². The van der Waals surface area contributed by atoms with Crippen LogP contribution in [0.25, 0.3) is 0 Å². The van der Waals surface area contributed by atoms with E-state index in [0.717, 1.165) is 12.8 Å². The van der Waals surface area contributed by atoms with Gasteiger partial charge in [0.25, 0.3) is 5.91 Å². The molecule has 0 saturated carbocycles. The molecular formula is C11H16N4O. The zero-order valence-electron chi connectivity index (χ0n) is 9.53. The Balaban J connectivity index is 2.72. The molecule has 0 saturated heterocycles. The van der Waals surface area contributed by atoms with Crippen LogP contribution in [0.2, 0.25) is 0 Å². The minimum atomic E-state index is -0.325. The number of rotatable bonds is 4. The number of nitrogens with two attached hydrogens (primary N) is 1. The lowest BCUT2D eigenvalue weighted by molar-refractivity contribution is 0.0939. The summed E-state index contributed by atoms with van der Waals surface area (Å²) in [6.45, 7) is 2.01. The van der Waals surface area contributed by atoms with Crippen LogP contribution in [0.5, 0.6) is 0 Å². The number of terminal acetylenes is 1. The third-order valence-electron chi connectivity index (χ3n) is 2.16. The SMILES string of the molecule is C#CC(CCC)NC(=O)c1nn(C)cc1N. The van der Waals surface area contributed by atoms with Gasteiger partial charge in [0.15, 0.2) is 5.69 Å². The van der Waals surface area contributed by atoms with Gasteiger partial charge in [0.2, 0.25) is 0 Å². The monoisotopic (exact) mass is 220 g/mol. The summed E-state index contributed by atoms with van der Waals surface area (Å²) in [5, 5.41) is 6.68. The average Bonchev–Trinajstić information content (AvgIpc) is 2.57. The number of nitrogens with one attached hydrogen (secondary N) is 1. The molecule has 1 unspecified atom stereocenters. The van der Waals surface area contributed by atoms with Crippen LogP contribution < -0.4 is 11.1 Å². The van der Waals surface area contributed by atoms with E-state index in [9.17, 15) is 4.79 Å². The first-order chi connectivity index (χ1) is 7.58. The lowest BCUT2D eigenvalue weighted by Gasteiger charge is -2.10. The van der Waals surface area contributed by atoms with E-state index in [-0.39, 0.29) is 17.6 Å². The second kappa shape index (κ2) is 5.21. The summed E-state index contributed by atoms with van der Waals surface area (Å²) in [5.41, 5.74) is 6.21. The molecule has 0 bridgehead atoms. The van der Waals surface area contributed by atoms with Crippen LogP contribution in [0.4, 0.5) is 5.69 Å². The zero-order chi connectivity index (χ0) is 12.1. The van der Waals surface area contributed by atoms with Gasteiger partial charge in [-0.1, -0.05) is 19.3 Å². The fourth-order valence-corrected chi connectivity index (χ4v) is 1.40. The number of hydrogen-bond acceptors (Lipinski definition) is 3. The van der Waals surface area contributed by atoms with E-state index in [2.05, 4.69) is 16.3 Å². The molecule has 0 aliphatic carbocycles. The Morgan fingerprint density at radius 2 is 2.50 bits per heavy atom.